The third kappa shape index (κ3) is 5.16. The Balaban J connectivity index is 4.12. The second-order valence-electron chi connectivity index (χ2n) is 2.46. The number of methoxy groups -OCH3 is 1. The van der Waals surface area contributed by atoms with Gasteiger partial charge >= 0.3 is 5.97 Å². The van der Waals surface area contributed by atoms with Crippen molar-refractivity contribution in [2.75, 3.05) is 13.0 Å². The highest BCUT2D eigenvalue weighted by Gasteiger charge is 2.35. The van der Waals surface area contributed by atoms with E-state index in [0.29, 0.717) is 12.3 Å². The highest BCUT2D eigenvalue weighted by Crippen LogP contribution is 2.35. The monoisotopic (exact) mass is 266 g/mol. The van der Waals surface area contributed by atoms with Gasteiger partial charge in [-0.2, -0.15) is 0 Å². The van der Waals surface area contributed by atoms with Gasteiger partial charge in [0.2, 0.25) is 0 Å². The lowest BCUT2D eigenvalue weighted by Gasteiger charge is -2.23. The SMILES string of the molecule is COC(=O)CC(Cl)(Cl)C(Cl)CCCl. The van der Waals surface area contributed by atoms with Crippen LogP contribution in [0.25, 0.3) is 0 Å². The second-order valence-corrected chi connectivity index (χ2v) is 4.91. The maximum atomic E-state index is 10.9. The normalized spacial score (nSPS) is 13.9. The summed E-state index contributed by atoms with van der Waals surface area (Å²) in [7, 11) is 1.26. The van der Waals surface area contributed by atoms with Gasteiger partial charge in [-0.3, -0.25) is 4.79 Å². The molecule has 1 unspecified atom stereocenters. The molecule has 1 atom stereocenters. The quantitative estimate of drug-likeness (QED) is 0.566. The fourth-order valence-corrected chi connectivity index (χ4v) is 1.63. The van der Waals surface area contributed by atoms with E-state index in [1.54, 1.807) is 0 Å². The lowest BCUT2D eigenvalue weighted by atomic mass is 10.2. The molecule has 13 heavy (non-hydrogen) atoms. The van der Waals surface area contributed by atoms with E-state index in [1.807, 2.05) is 0 Å². The number of esters is 1. The summed E-state index contributed by atoms with van der Waals surface area (Å²) in [5, 5.41) is -0.563. The highest BCUT2D eigenvalue weighted by molar-refractivity contribution is 6.53. The molecule has 2 nitrogen and oxygen atoms in total. The van der Waals surface area contributed by atoms with Gasteiger partial charge in [0.05, 0.1) is 18.9 Å². The molecule has 0 aromatic rings. The zero-order valence-corrected chi connectivity index (χ0v) is 10.1. The van der Waals surface area contributed by atoms with E-state index in [2.05, 4.69) is 4.74 Å². The Morgan fingerprint density at radius 2 is 2.08 bits per heavy atom. The van der Waals surface area contributed by atoms with Gasteiger partial charge in [0.15, 0.2) is 0 Å². The predicted octanol–water partition coefficient (Wildman–Crippen LogP) is 2.96. The molecule has 0 radical (unpaired) electrons. The summed E-state index contributed by atoms with van der Waals surface area (Å²) in [4.78, 5) is 10.9. The molecule has 0 aliphatic heterocycles. The fourth-order valence-electron chi connectivity index (χ4n) is 0.682. The number of alkyl halides is 4. The van der Waals surface area contributed by atoms with Gasteiger partial charge in [-0.05, 0) is 6.42 Å². The van der Waals surface area contributed by atoms with Crippen LogP contribution in [0.3, 0.4) is 0 Å². The lowest BCUT2D eigenvalue weighted by Crippen LogP contribution is -2.30. The molecule has 6 heteroatoms. The zero-order chi connectivity index (χ0) is 10.5. The molecule has 0 N–H and O–H groups in total. The fraction of sp³-hybridized carbons (Fsp3) is 0.857. The van der Waals surface area contributed by atoms with Crippen molar-refractivity contribution in [3.8, 4) is 0 Å². The molecule has 0 rings (SSSR count). The van der Waals surface area contributed by atoms with E-state index in [9.17, 15) is 4.79 Å². The maximum absolute atomic E-state index is 10.9. The summed E-state index contributed by atoms with van der Waals surface area (Å²) in [5.74, 6) is -0.151. The van der Waals surface area contributed by atoms with Crippen LogP contribution in [0.2, 0.25) is 0 Å². The molecule has 0 aliphatic rings. The van der Waals surface area contributed by atoms with Gasteiger partial charge in [0.1, 0.15) is 4.33 Å². The van der Waals surface area contributed by atoms with Crippen molar-refractivity contribution in [2.24, 2.45) is 0 Å². The van der Waals surface area contributed by atoms with Gasteiger partial charge in [0.25, 0.3) is 0 Å². The first-order chi connectivity index (χ1) is 5.94. The topological polar surface area (TPSA) is 26.3 Å². The van der Waals surface area contributed by atoms with Crippen LogP contribution in [-0.4, -0.2) is 28.7 Å². The Bertz CT molecular complexity index is 172. The molecule has 0 aromatic carbocycles. The Morgan fingerprint density at radius 3 is 2.46 bits per heavy atom. The molecule has 0 saturated carbocycles. The predicted molar refractivity (Wildman–Crippen MR) is 56.0 cm³/mol. The molecule has 0 amide bonds. The zero-order valence-electron chi connectivity index (χ0n) is 7.03. The van der Waals surface area contributed by atoms with Crippen LogP contribution >= 0.6 is 46.4 Å². The highest BCUT2D eigenvalue weighted by atomic mass is 35.5. The summed E-state index contributed by atoms with van der Waals surface area (Å²) in [6.07, 6.45) is 0.296. The van der Waals surface area contributed by atoms with Crippen molar-refractivity contribution in [1.29, 1.82) is 0 Å². The van der Waals surface area contributed by atoms with Gasteiger partial charge in [-0.1, -0.05) is 23.2 Å². The summed E-state index contributed by atoms with van der Waals surface area (Å²) >= 11 is 22.9. The third-order valence-electron chi connectivity index (χ3n) is 1.43. The van der Waals surface area contributed by atoms with Crippen LogP contribution in [0.1, 0.15) is 12.8 Å². The first kappa shape index (κ1) is 13.6. The number of rotatable bonds is 5. The lowest BCUT2D eigenvalue weighted by molar-refractivity contribution is -0.140. The van der Waals surface area contributed by atoms with Crippen molar-refractivity contribution >= 4 is 52.4 Å². The number of carbonyl (C=O) groups is 1. The van der Waals surface area contributed by atoms with Crippen LogP contribution in [0, 0.1) is 0 Å². The van der Waals surface area contributed by atoms with Crippen LogP contribution in [0.15, 0.2) is 0 Å². The summed E-state index contributed by atoms with van der Waals surface area (Å²) in [6, 6.07) is 0. The minimum atomic E-state index is -1.32. The van der Waals surface area contributed by atoms with E-state index in [0.717, 1.165) is 0 Å². The summed E-state index contributed by atoms with van der Waals surface area (Å²) < 4.78 is 3.10. The molecule has 0 fully saturated rings. The van der Waals surface area contributed by atoms with Gasteiger partial charge in [0, 0.05) is 5.88 Å². The minimum Gasteiger partial charge on any atom is -0.469 e. The standard InChI is InChI=1S/C7H10Cl4O2/c1-13-6(12)4-7(10,11)5(9)2-3-8/h5H,2-4H2,1H3. The second kappa shape index (κ2) is 6.18. The average molecular weight is 268 g/mol. The van der Waals surface area contributed by atoms with E-state index >= 15 is 0 Å². The number of ether oxygens (including phenoxy) is 1. The molecular formula is C7H10Cl4O2. The van der Waals surface area contributed by atoms with Gasteiger partial charge in [-0.15, -0.1) is 23.2 Å². The average Bonchev–Trinajstić information content (AvgIpc) is 2.04. The number of carbonyl (C=O) groups excluding carboxylic acids is 1. The largest absolute Gasteiger partial charge is 0.469 e. The molecule has 0 bridgehead atoms. The Morgan fingerprint density at radius 1 is 1.54 bits per heavy atom. The maximum Gasteiger partial charge on any atom is 0.308 e. The smallest absolute Gasteiger partial charge is 0.308 e. The van der Waals surface area contributed by atoms with Crippen LogP contribution in [0.5, 0.6) is 0 Å². The first-order valence-corrected chi connectivity index (χ1v) is 5.31. The Hall–Kier alpha value is 0.630. The molecule has 0 aromatic heterocycles. The third-order valence-corrected chi connectivity index (χ3v) is 3.25. The van der Waals surface area contributed by atoms with E-state index < -0.39 is 15.7 Å². The number of halogens is 4. The van der Waals surface area contributed by atoms with E-state index in [4.69, 9.17) is 46.4 Å². The minimum absolute atomic E-state index is 0.141. The van der Waals surface area contributed by atoms with Crippen molar-refractivity contribution in [1.82, 2.24) is 0 Å². The molecule has 0 heterocycles. The van der Waals surface area contributed by atoms with Crippen molar-refractivity contribution < 1.29 is 9.53 Å². The summed E-state index contributed by atoms with van der Waals surface area (Å²) in [5.41, 5.74) is 0. The Labute approximate surface area is 97.4 Å². The molecule has 78 valence electrons. The van der Waals surface area contributed by atoms with Crippen LogP contribution in [-0.2, 0) is 9.53 Å². The van der Waals surface area contributed by atoms with Crippen molar-refractivity contribution in [3.63, 3.8) is 0 Å². The van der Waals surface area contributed by atoms with Crippen molar-refractivity contribution in [2.45, 2.75) is 22.6 Å². The van der Waals surface area contributed by atoms with Crippen molar-refractivity contribution in [3.05, 3.63) is 0 Å². The van der Waals surface area contributed by atoms with Crippen LogP contribution < -0.4 is 0 Å². The first-order valence-electron chi connectivity index (χ1n) is 3.58. The number of hydrogen-bond donors (Lipinski definition) is 0. The molecule has 0 aliphatic carbocycles. The molecule has 0 saturated heterocycles. The summed E-state index contributed by atoms with van der Waals surface area (Å²) in [6.45, 7) is 0. The van der Waals surface area contributed by atoms with Gasteiger partial charge < -0.3 is 4.74 Å². The van der Waals surface area contributed by atoms with E-state index in [-0.39, 0.29) is 6.42 Å². The number of hydrogen-bond acceptors (Lipinski definition) is 2. The van der Waals surface area contributed by atoms with Gasteiger partial charge in [-0.25, -0.2) is 0 Å². The van der Waals surface area contributed by atoms with Crippen LogP contribution in [0.4, 0.5) is 0 Å². The van der Waals surface area contributed by atoms with E-state index in [1.165, 1.54) is 7.11 Å². The molecule has 0 spiro atoms. The Kier molecular flexibility index (Phi) is 6.48. The molecular weight excluding hydrogens is 258 g/mol.